The first-order valence-corrected chi connectivity index (χ1v) is 7.93. The Labute approximate surface area is 140 Å². The van der Waals surface area contributed by atoms with Gasteiger partial charge in [0.25, 0.3) is 0 Å². The van der Waals surface area contributed by atoms with Gasteiger partial charge in [0.2, 0.25) is 0 Å². The first-order valence-electron chi connectivity index (χ1n) is 7.93. The highest BCUT2D eigenvalue weighted by Gasteiger charge is 2.11. The molecule has 0 atom stereocenters. The van der Waals surface area contributed by atoms with Crippen LogP contribution in [0.2, 0.25) is 0 Å². The van der Waals surface area contributed by atoms with Crippen molar-refractivity contribution >= 4 is 11.0 Å². The van der Waals surface area contributed by atoms with Crippen molar-refractivity contribution in [3.63, 3.8) is 0 Å². The molecule has 1 N–H and O–H groups in total. The third kappa shape index (κ3) is 2.65. The highest BCUT2D eigenvalue weighted by atomic mass is 16.5. The fourth-order valence-corrected chi connectivity index (χ4v) is 2.92. The third-order valence-corrected chi connectivity index (χ3v) is 4.19. The Kier molecular flexibility index (Phi) is 3.75. The monoisotopic (exact) mass is 313 g/mol. The van der Waals surface area contributed by atoms with Gasteiger partial charge in [0.1, 0.15) is 18.0 Å². The lowest BCUT2D eigenvalue weighted by molar-refractivity contribution is 0.304. The van der Waals surface area contributed by atoms with E-state index in [2.05, 4.69) is 41.2 Å². The number of nitrogens with zero attached hydrogens (tertiary/aromatic N) is 1. The Hall–Kier alpha value is -3.07. The number of pyridine rings is 1. The number of aromatic nitrogens is 2. The van der Waals surface area contributed by atoms with Crippen LogP contribution in [0.15, 0.2) is 67.0 Å². The molecule has 2 heterocycles. The second-order valence-electron chi connectivity index (χ2n) is 5.72. The van der Waals surface area contributed by atoms with E-state index < -0.39 is 0 Å². The van der Waals surface area contributed by atoms with Crippen LogP contribution in [-0.4, -0.2) is 9.97 Å². The summed E-state index contributed by atoms with van der Waals surface area (Å²) in [6.07, 6.45) is 3.62. The maximum atomic E-state index is 6.04. The molecule has 0 aliphatic heterocycles. The standard InChI is InChI=1S/C21H17N2O/c1-15-17(18-10-12-22-21-19(18)11-13-23-21)8-5-9-20(15)24-14-16-6-3-2-4-7-16/h2-10,12-13H,14H2,1H3,(H,22,23). The minimum Gasteiger partial charge on any atom is -0.489 e. The molecule has 0 aliphatic rings. The van der Waals surface area contributed by atoms with Crippen molar-refractivity contribution < 1.29 is 4.74 Å². The van der Waals surface area contributed by atoms with Crippen LogP contribution in [0.4, 0.5) is 0 Å². The van der Waals surface area contributed by atoms with Gasteiger partial charge in [-0.15, -0.1) is 0 Å². The Morgan fingerprint density at radius 2 is 1.88 bits per heavy atom. The summed E-state index contributed by atoms with van der Waals surface area (Å²) in [5, 5.41) is 1.00. The average Bonchev–Trinajstić information content (AvgIpc) is 3.11. The van der Waals surface area contributed by atoms with E-state index in [1.165, 1.54) is 0 Å². The van der Waals surface area contributed by atoms with Gasteiger partial charge in [-0.2, -0.15) is 0 Å². The fraction of sp³-hybridized carbons (Fsp3) is 0.0952. The van der Waals surface area contributed by atoms with Crippen LogP contribution in [0, 0.1) is 13.0 Å². The fourth-order valence-electron chi connectivity index (χ4n) is 2.92. The van der Waals surface area contributed by atoms with Crippen LogP contribution in [0.25, 0.3) is 22.2 Å². The number of benzene rings is 2. The molecule has 2 aromatic heterocycles. The molecule has 0 spiro atoms. The molecule has 3 nitrogen and oxygen atoms in total. The Morgan fingerprint density at radius 1 is 1.00 bits per heavy atom. The first-order chi connectivity index (χ1) is 11.8. The van der Waals surface area contributed by atoms with Crippen LogP contribution < -0.4 is 4.74 Å². The second-order valence-corrected chi connectivity index (χ2v) is 5.72. The second kappa shape index (κ2) is 6.20. The summed E-state index contributed by atoms with van der Waals surface area (Å²) >= 11 is 0. The van der Waals surface area contributed by atoms with Gasteiger partial charge >= 0.3 is 0 Å². The van der Waals surface area contributed by atoms with Crippen LogP contribution in [0.5, 0.6) is 5.75 Å². The Bertz CT molecular complexity index is 973. The quantitative estimate of drug-likeness (QED) is 0.581. The molecule has 0 saturated heterocycles. The van der Waals surface area contributed by atoms with Crippen LogP contribution in [0.1, 0.15) is 11.1 Å². The lowest BCUT2D eigenvalue weighted by atomic mass is 9.98. The van der Waals surface area contributed by atoms with E-state index in [4.69, 9.17) is 4.74 Å². The minimum atomic E-state index is 0.563. The maximum Gasteiger partial charge on any atom is 0.138 e. The molecular formula is C21H17N2O. The van der Waals surface area contributed by atoms with Gasteiger partial charge in [0, 0.05) is 23.8 Å². The lowest BCUT2D eigenvalue weighted by Crippen LogP contribution is -1.98. The van der Waals surface area contributed by atoms with Crippen LogP contribution in [-0.2, 0) is 6.61 Å². The predicted molar refractivity (Wildman–Crippen MR) is 95.9 cm³/mol. The molecule has 117 valence electrons. The first kappa shape index (κ1) is 14.5. The summed E-state index contributed by atoms with van der Waals surface area (Å²) in [7, 11) is 0. The molecule has 3 heteroatoms. The number of H-pyrrole nitrogens is 1. The maximum absolute atomic E-state index is 6.04. The van der Waals surface area contributed by atoms with Crippen molar-refractivity contribution in [2.24, 2.45) is 0 Å². The van der Waals surface area contributed by atoms with E-state index in [1.54, 1.807) is 6.20 Å². The summed E-state index contributed by atoms with van der Waals surface area (Å²) in [5.74, 6) is 0.900. The van der Waals surface area contributed by atoms with E-state index in [0.29, 0.717) is 6.61 Å². The van der Waals surface area contributed by atoms with Crippen LogP contribution in [0.3, 0.4) is 0 Å². The number of nitrogens with one attached hydrogen (secondary N) is 1. The highest BCUT2D eigenvalue weighted by Crippen LogP contribution is 2.33. The summed E-state index contributed by atoms with van der Waals surface area (Å²) < 4.78 is 6.04. The zero-order chi connectivity index (χ0) is 16.4. The number of hydrogen-bond acceptors (Lipinski definition) is 2. The molecule has 24 heavy (non-hydrogen) atoms. The lowest BCUT2D eigenvalue weighted by Gasteiger charge is -2.13. The number of aromatic amines is 1. The van der Waals surface area contributed by atoms with Gasteiger partial charge in [0.15, 0.2) is 0 Å². The van der Waals surface area contributed by atoms with Crippen molar-refractivity contribution in [2.45, 2.75) is 13.5 Å². The minimum absolute atomic E-state index is 0.563. The molecule has 0 saturated carbocycles. The smallest absolute Gasteiger partial charge is 0.138 e. The van der Waals surface area contributed by atoms with Gasteiger partial charge in [-0.25, -0.2) is 4.98 Å². The van der Waals surface area contributed by atoms with E-state index in [0.717, 1.165) is 39.0 Å². The van der Waals surface area contributed by atoms with E-state index >= 15 is 0 Å². The van der Waals surface area contributed by atoms with E-state index in [1.807, 2.05) is 42.6 Å². The number of fused-ring (bicyclic) bond motifs is 1. The number of ether oxygens (including phenoxy) is 1. The normalized spacial score (nSPS) is 10.9. The van der Waals surface area contributed by atoms with Gasteiger partial charge in [-0.1, -0.05) is 42.5 Å². The molecule has 2 aromatic carbocycles. The van der Waals surface area contributed by atoms with Gasteiger partial charge in [-0.3, -0.25) is 0 Å². The molecule has 4 aromatic rings. The molecule has 0 fully saturated rings. The average molecular weight is 313 g/mol. The van der Waals surface area contributed by atoms with Crippen molar-refractivity contribution in [1.29, 1.82) is 0 Å². The number of hydrogen-bond donors (Lipinski definition) is 1. The molecule has 0 aliphatic carbocycles. The molecule has 1 radical (unpaired) electrons. The van der Waals surface area contributed by atoms with Gasteiger partial charge in [-0.05, 0) is 41.3 Å². The summed E-state index contributed by atoms with van der Waals surface area (Å²) in [4.78, 5) is 7.45. The highest BCUT2D eigenvalue weighted by molar-refractivity contribution is 5.93. The molecule has 0 unspecified atom stereocenters. The van der Waals surface area contributed by atoms with Crippen molar-refractivity contribution in [3.8, 4) is 16.9 Å². The molecule has 0 amide bonds. The van der Waals surface area contributed by atoms with Crippen molar-refractivity contribution in [3.05, 3.63) is 84.2 Å². The molecular weight excluding hydrogens is 296 g/mol. The van der Waals surface area contributed by atoms with Gasteiger partial charge < -0.3 is 9.72 Å². The summed E-state index contributed by atoms with van der Waals surface area (Å²) in [5.41, 5.74) is 5.39. The van der Waals surface area contributed by atoms with Crippen molar-refractivity contribution in [2.75, 3.05) is 0 Å². The molecule has 0 bridgehead atoms. The SMILES string of the molecule is Cc1c(OCc2ccccc2)cccc1-c1ccnc2[nH]c[c]c12. The van der Waals surface area contributed by atoms with E-state index in [9.17, 15) is 0 Å². The third-order valence-electron chi connectivity index (χ3n) is 4.19. The zero-order valence-corrected chi connectivity index (χ0v) is 13.4. The zero-order valence-electron chi connectivity index (χ0n) is 13.4. The van der Waals surface area contributed by atoms with Crippen LogP contribution >= 0.6 is 0 Å². The Balaban J connectivity index is 1.69. The summed E-state index contributed by atoms with van der Waals surface area (Å²) in [6.45, 7) is 2.65. The van der Waals surface area contributed by atoms with Crippen molar-refractivity contribution in [1.82, 2.24) is 9.97 Å². The molecule has 4 rings (SSSR count). The van der Waals surface area contributed by atoms with Gasteiger partial charge in [0.05, 0.1) is 0 Å². The predicted octanol–water partition coefficient (Wildman–Crippen LogP) is 4.92. The topological polar surface area (TPSA) is 37.9 Å². The Morgan fingerprint density at radius 3 is 2.75 bits per heavy atom. The van der Waals surface area contributed by atoms with E-state index in [-0.39, 0.29) is 0 Å². The summed E-state index contributed by atoms with van der Waals surface area (Å²) in [6, 6.07) is 21.6. The number of rotatable bonds is 4. The largest absolute Gasteiger partial charge is 0.489 e.